The lowest BCUT2D eigenvalue weighted by Gasteiger charge is -2.50. The molecule has 6 aromatic rings. The van der Waals surface area contributed by atoms with Crippen LogP contribution in [0.2, 0.25) is 16.6 Å². The summed E-state index contributed by atoms with van der Waals surface area (Å²) in [4.78, 5) is 107. The van der Waals surface area contributed by atoms with Gasteiger partial charge in [-0.15, -0.1) is 0 Å². The number of nitrogens with one attached hydrogen (secondary N) is 3. The first-order valence-corrected chi connectivity index (χ1v) is 36.8. The molecule has 0 saturated carbocycles. The number of morpholine rings is 1. The maximum absolute atomic E-state index is 14.0. The number of rotatable bonds is 33. The van der Waals surface area contributed by atoms with Gasteiger partial charge in [0.25, 0.3) is 11.1 Å². The highest BCUT2D eigenvalue weighted by Gasteiger charge is 2.61. The normalized spacial score (nSPS) is 19.7. The molecule has 0 unspecified atom stereocenters. The zero-order valence-corrected chi connectivity index (χ0v) is 64.7. The summed E-state index contributed by atoms with van der Waals surface area (Å²) in [5, 5.41) is 2.56. The highest BCUT2D eigenvalue weighted by Crippen LogP contribution is 2.47. The second-order valence-corrected chi connectivity index (χ2v) is 34.6. The molecule has 3 aromatic carbocycles. The van der Waals surface area contributed by atoms with Crippen LogP contribution in [0.15, 0.2) is 106 Å². The van der Waals surface area contributed by atoms with Crippen LogP contribution in [0.1, 0.15) is 111 Å². The van der Waals surface area contributed by atoms with Gasteiger partial charge in [0.05, 0.1) is 73.4 Å². The van der Waals surface area contributed by atoms with Crippen LogP contribution in [0.4, 0.5) is 5.95 Å². The van der Waals surface area contributed by atoms with Gasteiger partial charge < -0.3 is 60.6 Å². The molecular weight excluding hydrogens is 1330 g/mol. The molecule has 5 heterocycles. The van der Waals surface area contributed by atoms with Gasteiger partial charge in [-0.05, 0) is 64.5 Å². The number of amides is 1. The molecule has 542 valence electrons. The molecule has 3 aromatic heterocycles. The topological polar surface area (TPSA) is 322 Å². The third kappa shape index (κ3) is 19.1. The van der Waals surface area contributed by atoms with Gasteiger partial charge in [0.1, 0.15) is 50.3 Å². The molecule has 1 amide bonds. The number of nitrogens with zero attached hydrogens (tertiary/aromatic N) is 5. The standard InChI is InChI=1S/C68H92N8O19Si.H6OSi2/c1-42(2)60(80)71-64-70-59-56(62(82)72-64)69-41-76(59)63-57(92-48(11)78)58(93-49(12)79)67(95-63,40-89-47(10)77)39-88-33-32-87-31-30-86-29-28-74-35-55(75-34-46(9)61(81)73-65(75)83)94-66(36-74,38-91-96(43(3)4,44(5)6)45(7)8)37-90-68(50-18-16-15-17-19-50,51-20-24-53(84-13)25-21-51)52-22-26-54(85-14)27-23-52;2-1-3/h15-27,34,41-45,55,57-58,63H,28-33,35-40H2,1-14H3,(H,73,81,83)(H2,70,71,72,80,82);2-3H3/t55-,57-,58+,63-,66+,67-;/m1./s1. The number of esters is 3. The number of hydrogen-bond donors (Lipinski definition) is 3. The Kier molecular flexibility index (Phi) is 28.4. The van der Waals surface area contributed by atoms with Crippen LogP contribution in [0.5, 0.6) is 11.5 Å². The quantitative estimate of drug-likeness (QED) is 0.0166. The summed E-state index contributed by atoms with van der Waals surface area (Å²) < 4.78 is 83.2. The average Bonchev–Trinajstić information content (AvgIpc) is 1.73. The van der Waals surface area contributed by atoms with Gasteiger partial charge in [0.2, 0.25) is 11.9 Å². The number of carbonyl (C=O) groups is 4. The molecular formula is C68H98N8O20Si3. The van der Waals surface area contributed by atoms with Crippen LogP contribution >= 0.6 is 0 Å². The predicted molar refractivity (Wildman–Crippen MR) is 376 cm³/mol. The third-order valence-corrected chi connectivity index (χ3v) is 23.5. The Morgan fingerprint density at radius 1 is 0.697 bits per heavy atom. The van der Waals surface area contributed by atoms with Crippen molar-refractivity contribution in [3.8, 4) is 11.5 Å². The van der Waals surface area contributed by atoms with E-state index in [-0.39, 0.29) is 93.1 Å². The molecule has 8 rings (SSSR count). The van der Waals surface area contributed by atoms with Crippen molar-refractivity contribution in [2.45, 2.75) is 141 Å². The Balaban J connectivity index is 0.00000451. The number of aromatic amines is 2. The van der Waals surface area contributed by atoms with Crippen molar-refractivity contribution < 1.29 is 79.8 Å². The Labute approximate surface area is 583 Å². The zero-order chi connectivity index (χ0) is 72.4. The van der Waals surface area contributed by atoms with Crippen LogP contribution in [-0.4, -0.2) is 204 Å². The second kappa shape index (κ2) is 35.7. The number of ether oxygens (including phenoxy) is 11. The van der Waals surface area contributed by atoms with E-state index in [0.29, 0.717) is 23.6 Å². The fourth-order valence-electron chi connectivity index (χ4n) is 13.0. The summed E-state index contributed by atoms with van der Waals surface area (Å²) in [6.45, 7) is 22.1. The van der Waals surface area contributed by atoms with Crippen LogP contribution in [0.25, 0.3) is 11.2 Å². The molecule has 3 N–H and O–H groups in total. The van der Waals surface area contributed by atoms with E-state index in [9.17, 15) is 33.6 Å². The number of aromatic nitrogens is 6. The predicted octanol–water partition coefficient (Wildman–Crippen LogP) is 4.67. The largest absolute Gasteiger partial charge is 0.497 e. The Bertz CT molecular complexity index is 3750. The molecule has 99 heavy (non-hydrogen) atoms. The lowest BCUT2D eigenvalue weighted by Crippen LogP contribution is -2.62. The SMILES string of the molecule is COc1ccc(C(OC[C@]2(CO[Si](C(C)C)(C(C)C)C(C)C)CN(CCOCCOCCOC[C@]3(COC(C)=O)O[C@@H](n4cnc5c(=O)[nH]c(NC(=O)C(C)C)nc54)[C@H](OC(C)=O)[C@@H]3OC(C)=O)C[C@H](n3cc(C)c(=O)[nH]c3=O)O2)(c2ccccc2)c2ccc(OC)cc2)cc1.[SiH3]O[SiH3]. The maximum atomic E-state index is 14.0. The van der Waals surface area contributed by atoms with E-state index in [1.165, 1.54) is 28.6 Å². The van der Waals surface area contributed by atoms with Crippen molar-refractivity contribution in [1.29, 1.82) is 0 Å². The minimum atomic E-state index is -2.65. The molecule has 0 aliphatic carbocycles. The molecule has 2 aliphatic heterocycles. The van der Waals surface area contributed by atoms with Gasteiger partial charge >= 0.3 is 23.6 Å². The van der Waals surface area contributed by atoms with Gasteiger partial charge in [-0.25, -0.2) is 9.78 Å². The zero-order valence-electron chi connectivity index (χ0n) is 59.7. The Morgan fingerprint density at radius 2 is 1.26 bits per heavy atom. The van der Waals surface area contributed by atoms with Crippen molar-refractivity contribution in [2.24, 2.45) is 5.92 Å². The van der Waals surface area contributed by atoms with Crippen molar-refractivity contribution in [3.63, 3.8) is 0 Å². The first kappa shape index (κ1) is 78.8. The lowest BCUT2D eigenvalue weighted by atomic mass is 9.79. The number of imidazole rings is 1. The minimum absolute atomic E-state index is 0.0260. The summed E-state index contributed by atoms with van der Waals surface area (Å²) in [5.41, 5.74) is -3.14. The fourth-order valence-corrected chi connectivity index (χ4v) is 18.5. The summed E-state index contributed by atoms with van der Waals surface area (Å²) in [6, 6.07) is 25.5. The number of hydrogen-bond acceptors (Lipinski definition) is 23. The van der Waals surface area contributed by atoms with Gasteiger partial charge in [0, 0.05) is 58.1 Å². The molecule has 2 saturated heterocycles. The second-order valence-electron chi connectivity index (χ2n) is 25.9. The van der Waals surface area contributed by atoms with Crippen molar-refractivity contribution in [3.05, 3.63) is 145 Å². The van der Waals surface area contributed by atoms with Crippen LogP contribution in [0.3, 0.4) is 0 Å². The molecule has 28 nitrogen and oxygen atoms in total. The van der Waals surface area contributed by atoms with E-state index >= 15 is 0 Å². The van der Waals surface area contributed by atoms with Crippen molar-refractivity contribution >= 4 is 70.2 Å². The van der Waals surface area contributed by atoms with E-state index < -0.39 is 110 Å². The maximum Gasteiger partial charge on any atom is 0.330 e. The number of fused-ring (bicyclic) bond motifs is 1. The highest BCUT2D eigenvalue weighted by atomic mass is 28.4. The number of methoxy groups -OCH3 is 2. The van der Waals surface area contributed by atoms with Crippen LogP contribution in [-0.2, 0) is 76.0 Å². The monoisotopic (exact) mass is 1430 g/mol. The van der Waals surface area contributed by atoms with E-state index in [0.717, 1.165) is 51.5 Å². The third-order valence-electron chi connectivity index (χ3n) is 17.5. The highest BCUT2D eigenvalue weighted by molar-refractivity contribution is 6.77. The fraction of sp³-hybridized carbons (Fsp3) is 0.544. The Morgan fingerprint density at radius 3 is 1.81 bits per heavy atom. The molecule has 2 fully saturated rings. The first-order valence-electron chi connectivity index (χ1n) is 33.0. The minimum Gasteiger partial charge on any atom is -0.497 e. The van der Waals surface area contributed by atoms with Crippen molar-refractivity contribution in [2.75, 3.05) is 98.6 Å². The number of carbonyl (C=O) groups excluding carboxylic acids is 4. The lowest BCUT2D eigenvalue weighted by molar-refractivity contribution is -0.229. The van der Waals surface area contributed by atoms with E-state index in [1.807, 2.05) is 78.9 Å². The van der Waals surface area contributed by atoms with Crippen molar-refractivity contribution in [1.82, 2.24) is 34.0 Å². The molecule has 0 spiro atoms. The van der Waals surface area contributed by atoms with Gasteiger partial charge in [-0.3, -0.25) is 58.1 Å². The summed E-state index contributed by atoms with van der Waals surface area (Å²) >= 11 is 0. The summed E-state index contributed by atoms with van der Waals surface area (Å²) in [7, 11) is 2.45. The first-order chi connectivity index (χ1) is 47.1. The molecule has 2 aliphatic rings. The molecule has 31 heteroatoms. The van der Waals surface area contributed by atoms with E-state index in [4.69, 9.17) is 56.5 Å². The number of anilines is 1. The van der Waals surface area contributed by atoms with E-state index in [2.05, 4.69) is 75.8 Å². The van der Waals surface area contributed by atoms with E-state index in [1.54, 1.807) is 35.0 Å². The van der Waals surface area contributed by atoms with Crippen LogP contribution in [0, 0.1) is 12.8 Å². The number of H-pyrrole nitrogens is 2. The number of aryl methyl sites for hydroxylation is 1. The average molecular weight is 1430 g/mol. The molecule has 0 radical (unpaired) electrons. The van der Waals surface area contributed by atoms with Gasteiger partial charge in [-0.1, -0.05) is 110 Å². The summed E-state index contributed by atoms with van der Waals surface area (Å²) in [5.74, 6) is -2.07. The van der Waals surface area contributed by atoms with Gasteiger partial charge in [-0.2, -0.15) is 4.98 Å². The number of benzene rings is 3. The summed E-state index contributed by atoms with van der Waals surface area (Å²) in [6.07, 6.45) is -2.54. The smallest absolute Gasteiger partial charge is 0.330 e. The molecule has 0 bridgehead atoms. The molecule has 6 atom stereocenters. The Hall–Kier alpha value is -7.54. The van der Waals surface area contributed by atoms with Gasteiger partial charge in [0.15, 0.2) is 49.7 Å². The van der Waals surface area contributed by atoms with Crippen LogP contribution < -0.4 is 31.6 Å².